The lowest BCUT2D eigenvalue weighted by Crippen LogP contribution is -2.47. The smallest absolute Gasteiger partial charge is 0.251 e. The third-order valence-electron chi connectivity index (χ3n) is 4.43. The molecule has 1 heterocycles. The molecule has 132 valence electrons. The average molecular weight is 345 g/mol. The molecule has 1 atom stereocenters. The molecular formula is C19H21F2N3O. The molecule has 25 heavy (non-hydrogen) atoms. The summed E-state index contributed by atoms with van der Waals surface area (Å²) < 4.78 is 27.6. The molecule has 3 rings (SSSR count). The predicted octanol–water partition coefficient (Wildman–Crippen LogP) is 2.94. The van der Waals surface area contributed by atoms with Crippen molar-refractivity contribution >= 4 is 11.6 Å². The van der Waals surface area contributed by atoms with Crippen LogP contribution in [0.3, 0.4) is 0 Å². The van der Waals surface area contributed by atoms with Crippen LogP contribution in [-0.2, 0) is 6.54 Å². The Morgan fingerprint density at radius 3 is 2.64 bits per heavy atom. The predicted molar refractivity (Wildman–Crippen MR) is 93.0 cm³/mol. The van der Waals surface area contributed by atoms with E-state index in [0.717, 1.165) is 19.4 Å². The number of likely N-dealkylation sites (tertiary alicyclic amines) is 1. The Balaban J connectivity index is 1.62. The lowest BCUT2D eigenvalue weighted by molar-refractivity contribution is 0.0899. The van der Waals surface area contributed by atoms with Gasteiger partial charge in [0.05, 0.1) is 0 Å². The molecule has 1 amide bonds. The molecule has 6 heteroatoms. The fraction of sp³-hybridized carbons (Fsp3) is 0.316. The number of carbonyl (C=O) groups excluding carboxylic acids is 1. The SMILES string of the molecule is Nc1cccc(C(=O)NC2CCCN(Cc3c(F)cccc3F)C2)c1. The van der Waals surface area contributed by atoms with E-state index in [-0.39, 0.29) is 24.1 Å². The van der Waals surface area contributed by atoms with Gasteiger partial charge in [-0.05, 0) is 49.7 Å². The number of nitrogens with two attached hydrogens (primary N) is 1. The number of piperidine rings is 1. The monoisotopic (exact) mass is 345 g/mol. The van der Waals surface area contributed by atoms with E-state index in [4.69, 9.17) is 5.73 Å². The Morgan fingerprint density at radius 1 is 1.20 bits per heavy atom. The maximum Gasteiger partial charge on any atom is 0.251 e. The van der Waals surface area contributed by atoms with Crippen molar-refractivity contribution in [3.05, 3.63) is 65.2 Å². The first-order chi connectivity index (χ1) is 12.0. The molecule has 4 nitrogen and oxygen atoms in total. The summed E-state index contributed by atoms with van der Waals surface area (Å²) in [7, 11) is 0. The third-order valence-corrected chi connectivity index (χ3v) is 4.43. The number of rotatable bonds is 4. The zero-order valence-corrected chi connectivity index (χ0v) is 13.8. The molecule has 2 aromatic carbocycles. The number of halogens is 2. The molecule has 0 aliphatic carbocycles. The van der Waals surface area contributed by atoms with Gasteiger partial charge in [-0.2, -0.15) is 0 Å². The highest BCUT2D eigenvalue weighted by Gasteiger charge is 2.23. The Hall–Kier alpha value is -2.47. The molecule has 0 radical (unpaired) electrons. The largest absolute Gasteiger partial charge is 0.399 e. The summed E-state index contributed by atoms with van der Waals surface area (Å²) >= 11 is 0. The van der Waals surface area contributed by atoms with Crippen LogP contribution in [0, 0.1) is 11.6 Å². The van der Waals surface area contributed by atoms with Crippen molar-refractivity contribution in [2.45, 2.75) is 25.4 Å². The second-order valence-electron chi connectivity index (χ2n) is 6.37. The molecule has 0 saturated carbocycles. The average Bonchev–Trinajstić information content (AvgIpc) is 2.59. The Kier molecular flexibility index (Phi) is 5.28. The summed E-state index contributed by atoms with van der Waals surface area (Å²) in [4.78, 5) is 14.3. The second kappa shape index (κ2) is 7.61. The van der Waals surface area contributed by atoms with Crippen molar-refractivity contribution in [1.29, 1.82) is 0 Å². The molecule has 0 bridgehead atoms. The first-order valence-corrected chi connectivity index (χ1v) is 8.34. The topological polar surface area (TPSA) is 58.4 Å². The first kappa shape index (κ1) is 17.4. The summed E-state index contributed by atoms with van der Waals surface area (Å²) in [5.74, 6) is -1.26. The van der Waals surface area contributed by atoms with Gasteiger partial charge >= 0.3 is 0 Å². The lowest BCUT2D eigenvalue weighted by Gasteiger charge is -2.33. The van der Waals surface area contributed by atoms with Crippen LogP contribution in [0.15, 0.2) is 42.5 Å². The van der Waals surface area contributed by atoms with Crippen LogP contribution in [0.5, 0.6) is 0 Å². The van der Waals surface area contributed by atoms with Crippen molar-refractivity contribution in [3.8, 4) is 0 Å². The fourth-order valence-electron chi connectivity index (χ4n) is 3.17. The van der Waals surface area contributed by atoms with E-state index in [0.29, 0.717) is 17.8 Å². The number of nitrogens with zero attached hydrogens (tertiary/aromatic N) is 1. The fourth-order valence-corrected chi connectivity index (χ4v) is 3.17. The van der Waals surface area contributed by atoms with Crippen molar-refractivity contribution < 1.29 is 13.6 Å². The van der Waals surface area contributed by atoms with E-state index in [9.17, 15) is 13.6 Å². The van der Waals surface area contributed by atoms with E-state index >= 15 is 0 Å². The van der Waals surface area contributed by atoms with Gasteiger partial charge in [0.2, 0.25) is 0 Å². The van der Waals surface area contributed by atoms with Gasteiger partial charge in [-0.25, -0.2) is 8.78 Å². The van der Waals surface area contributed by atoms with Gasteiger partial charge in [0.15, 0.2) is 0 Å². The summed E-state index contributed by atoms with van der Waals surface area (Å²) in [5.41, 5.74) is 6.83. The van der Waals surface area contributed by atoms with Gasteiger partial charge in [0.1, 0.15) is 11.6 Å². The van der Waals surface area contributed by atoms with Crippen LogP contribution in [0.4, 0.5) is 14.5 Å². The highest BCUT2D eigenvalue weighted by molar-refractivity contribution is 5.95. The third kappa shape index (κ3) is 4.33. The van der Waals surface area contributed by atoms with E-state index in [1.807, 2.05) is 4.90 Å². The van der Waals surface area contributed by atoms with Crippen LogP contribution >= 0.6 is 0 Å². The van der Waals surface area contributed by atoms with Crippen molar-refractivity contribution in [2.75, 3.05) is 18.8 Å². The summed E-state index contributed by atoms with van der Waals surface area (Å²) in [5, 5.41) is 2.98. The number of hydrogen-bond donors (Lipinski definition) is 2. The van der Waals surface area contributed by atoms with Crippen molar-refractivity contribution in [3.63, 3.8) is 0 Å². The molecule has 1 aliphatic heterocycles. The zero-order valence-electron chi connectivity index (χ0n) is 13.8. The van der Waals surface area contributed by atoms with Crippen LogP contribution in [0.25, 0.3) is 0 Å². The molecule has 1 fully saturated rings. The number of amides is 1. The molecule has 0 spiro atoms. The normalized spacial score (nSPS) is 18.1. The Labute approximate surface area is 145 Å². The van der Waals surface area contributed by atoms with Gasteiger partial charge in [0.25, 0.3) is 5.91 Å². The Bertz CT molecular complexity index is 746. The minimum Gasteiger partial charge on any atom is -0.399 e. The lowest BCUT2D eigenvalue weighted by atomic mass is 10.0. The highest BCUT2D eigenvalue weighted by Crippen LogP contribution is 2.18. The van der Waals surface area contributed by atoms with Crippen LogP contribution in [-0.4, -0.2) is 29.9 Å². The van der Waals surface area contributed by atoms with Gasteiger partial charge in [-0.3, -0.25) is 9.69 Å². The van der Waals surface area contributed by atoms with E-state index in [1.54, 1.807) is 24.3 Å². The number of benzene rings is 2. The second-order valence-corrected chi connectivity index (χ2v) is 6.37. The first-order valence-electron chi connectivity index (χ1n) is 8.34. The van der Waals surface area contributed by atoms with Crippen molar-refractivity contribution in [1.82, 2.24) is 10.2 Å². The zero-order chi connectivity index (χ0) is 17.8. The van der Waals surface area contributed by atoms with E-state index in [1.165, 1.54) is 18.2 Å². The van der Waals surface area contributed by atoms with Crippen LogP contribution < -0.4 is 11.1 Å². The standard InChI is InChI=1S/C19H21F2N3O/c20-17-7-2-8-18(21)16(17)12-24-9-3-6-15(11-24)23-19(25)13-4-1-5-14(22)10-13/h1-2,4-5,7-8,10,15H,3,6,9,11-12,22H2,(H,23,25). The van der Waals surface area contributed by atoms with Crippen LogP contribution in [0.2, 0.25) is 0 Å². The van der Waals surface area contributed by atoms with Gasteiger partial charge in [0, 0.05) is 35.9 Å². The molecular weight excluding hydrogens is 324 g/mol. The minimum absolute atomic E-state index is 0.0579. The number of hydrogen-bond acceptors (Lipinski definition) is 3. The molecule has 1 aliphatic rings. The van der Waals surface area contributed by atoms with Gasteiger partial charge in [-0.1, -0.05) is 12.1 Å². The molecule has 2 aromatic rings. The number of carbonyl (C=O) groups is 1. The van der Waals surface area contributed by atoms with Gasteiger partial charge in [-0.15, -0.1) is 0 Å². The molecule has 1 saturated heterocycles. The highest BCUT2D eigenvalue weighted by atomic mass is 19.1. The quantitative estimate of drug-likeness (QED) is 0.838. The number of nitrogens with one attached hydrogen (secondary N) is 1. The van der Waals surface area contributed by atoms with Gasteiger partial charge < -0.3 is 11.1 Å². The number of anilines is 1. The molecule has 1 unspecified atom stereocenters. The summed E-state index contributed by atoms with van der Waals surface area (Å²) in [6.45, 7) is 1.50. The number of nitrogen functional groups attached to an aromatic ring is 1. The molecule has 0 aromatic heterocycles. The van der Waals surface area contributed by atoms with E-state index in [2.05, 4.69) is 5.32 Å². The summed E-state index contributed by atoms with van der Waals surface area (Å²) in [6.07, 6.45) is 1.70. The summed E-state index contributed by atoms with van der Waals surface area (Å²) in [6, 6.07) is 10.6. The maximum atomic E-state index is 13.8. The maximum absolute atomic E-state index is 13.8. The minimum atomic E-state index is -0.536. The van der Waals surface area contributed by atoms with Crippen molar-refractivity contribution in [2.24, 2.45) is 0 Å². The van der Waals surface area contributed by atoms with E-state index < -0.39 is 11.6 Å². The molecule has 3 N–H and O–H groups in total. The Morgan fingerprint density at radius 2 is 1.92 bits per heavy atom. The van der Waals surface area contributed by atoms with Crippen LogP contribution in [0.1, 0.15) is 28.8 Å².